The number of aryl methyl sites for hydroxylation is 1. The molecule has 3 heteroatoms. The van der Waals surface area contributed by atoms with Gasteiger partial charge in [-0.3, -0.25) is 0 Å². The van der Waals surface area contributed by atoms with Crippen LogP contribution in [0.2, 0.25) is 0 Å². The average molecular weight is 351 g/mol. The summed E-state index contributed by atoms with van der Waals surface area (Å²) in [5.74, 6) is 1.09. The lowest BCUT2D eigenvalue weighted by atomic mass is 9.93. The van der Waals surface area contributed by atoms with Crippen LogP contribution in [0.3, 0.4) is 0 Å². The van der Waals surface area contributed by atoms with Gasteiger partial charge in [0.25, 0.3) is 0 Å². The first kappa shape index (κ1) is 19.5. The highest BCUT2D eigenvalue weighted by Crippen LogP contribution is 2.36. The molecule has 0 spiro atoms. The van der Waals surface area contributed by atoms with Gasteiger partial charge in [-0.25, -0.2) is 8.42 Å². The van der Waals surface area contributed by atoms with Crippen LogP contribution in [-0.2, 0) is 22.7 Å². The Kier molecular flexibility index (Phi) is 6.91. The smallest absolute Gasteiger partial charge is 0.152 e. The zero-order chi connectivity index (χ0) is 17.7. The fourth-order valence-corrected chi connectivity index (χ4v) is 4.87. The molecule has 2 nitrogen and oxygen atoms in total. The van der Waals surface area contributed by atoms with Gasteiger partial charge in [0.2, 0.25) is 0 Å². The van der Waals surface area contributed by atoms with Gasteiger partial charge < -0.3 is 0 Å². The van der Waals surface area contributed by atoms with Crippen molar-refractivity contribution in [2.45, 2.75) is 90.2 Å². The van der Waals surface area contributed by atoms with Crippen molar-refractivity contribution < 1.29 is 8.42 Å². The molecule has 1 unspecified atom stereocenters. The van der Waals surface area contributed by atoms with Gasteiger partial charge in [0, 0.05) is 0 Å². The molecule has 24 heavy (non-hydrogen) atoms. The SMILES string of the molecule is Cc1c(CCCCCCCS(=O)(=O)C(C)C)ccc2c1CCC2C. The molecule has 0 saturated heterocycles. The Labute approximate surface area is 149 Å². The molecule has 0 fully saturated rings. The van der Waals surface area contributed by atoms with Crippen LogP contribution in [0.15, 0.2) is 12.1 Å². The van der Waals surface area contributed by atoms with E-state index in [1.807, 2.05) is 0 Å². The van der Waals surface area contributed by atoms with Crippen LogP contribution >= 0.6 is 0 Å². The summed E-state index contributed by atoms with van der Waals surface area (Å²) < 4.78 is 23.5. The summed E-state index contributed by atoms with van der Waals surface area (Å²) in [5, 5.41) is -0.233. The minimum absolute atomic E-state index is 0.233. The molecule has 0 amide bonds. The fourth-order valence-electron chi connectivity index (χ4n) is 3.79. The number of unbranched alkanes of at least 4 members (excludes halogenated alkanes) is 4. The highest BCUT2D eigenvalue weighted by molar-refractivity contribution is 7.91. The van der Waals surface area contributed by atoms with E-state index in [2.05, 4.69) is 26.0 Å². The van der Waals surface area contributed by atoms with Gasteiger partial charge in [-0.1, -0.05) is 38.3 Å². The molecule has 1 aliphatic rings. The Morgan fingerprint density at radius 3 is 2.46 bits per heavy atom. The molecular weight excluding hydrogens is 316 g/mol. The van der Waals surface area contributed by atoms with E-state index >= 15 is 0 Å². The Hall–Kier alpha value is -0.830. The topological polar surface area (TPSA) is 34.1 Å². The highest BCUT2D eigenvalue weighted by Gasteiger charge is 2.21. The molecule has 1 aromatic rings. The second kappa shape index (κ2) is 8.51. The van der Waals surface area contributed by atoms with Gasteiger partial charge in [0.05, 0.1) is 11.0 Å². The van der Waals surface area contributed by atoms with Crippen LogP contribution in [0.5, 0.6) is 0 Å². The van der Waals surface area contributed by atoms with Gasteiger partial charge in [-0.15, -0.1) is 0 Å². The maximum Gasteiger partial charge on any atom is 0.152 e. The van der Waals surface area contributed by atoms with E-state index in [0.717, 1.165) is 31.6 Å². The third-order valence-corrected chi connectivity index (χ3v) is 7.99. The summed E-state index contributed by atoms with van der Waals surface area (Å²) in [6.45, 7) is 8.18. The standard InChI is InChI=1S/C21H34O2S/c1-16(2)24(22,23)15-9-7-5-6-8-10-19-12-14-20-17(3)11-13-21(20)18(19)4/h12,14,16-17H,5-11,13,15H2,1-4H3. The minimum Gasteiger partial charge on any atom is -0.229 e. The number of hydrogen-bond acceptors (Lipinski definition) is 2. The Balaban J connectivity index is 1.69. The number of hydrogen-bond donors (Lipinski definition) is 0. The summed E-state index contributed by atoms with van der Waals surface area (Å²) in [6.07, 6.45) is 9.13. The van der Waals surface area contributed by atoms with E-state index in [9.17, 15) is 8.42 Å². The molecule has 2 rings (SSSR count). The maximum atomic E-state index is 11.8. The number of rotatable bonds is 9. The quantitative estimate of drug-likeness (QED) is 0.562. The maximum absolute atomic E-state index is 11.8. The molecule has 0 radical (unpaired) electrons. The molecule has 1 aliphatic carbocycles. The molecule has 0 heterocycles. The van der Waals surface area contributed by atoms with E-state index < -0.39 is 9.84 Å². The van der Waals surface area contributed by atoms with E-state index in [-0.39, 0.29) is 5.25 Å². The largest absolute Gasteiger partial charge is 0.229 e. The van der Waals surface area contributed by atoms with E-state index in [0.29, 0.717) is 5.75 Å². The highest BCUT2D eigenvalue weighted by atomic mass is 32.2. The molecule has 0 N–H and O–H groups in total. The summed E-state index contributed by atoms with van der Waals surface area (Å²) >= 11 is 0. The van der Waals surface area contributed by atoms with Crippen molar-refractivity contribution in [1.82, 2.24) is 0 Å². The predicted octanol–water partition coefficient (Wildman–Crippen LogP) is 5.36. The normalized spacial score (nSPS) is 17.5. The van der Waals surface area contributed by atoms with Crippen molar-refractivity contribution in [2.75, 3.05) is 5.75 Å². The third kappa shape index (κ3) is 4.84. The van der Waals surface area contributed by atoms with Gasteiger partial charge in [-0.2, -0.15) is 0 Å². The van der Waals surface area contributed by atoms with Crippen molar-refractivity contribution in [3.8, 4) is 0 Å². The Morgan fingerprint density at radius 2 is 1.75 bits per heavy atom. The number of sulfone groups is 1. The summed E-state index contributed by atoms with van der Waals surface area (Å²) in [6, 6.07) is 4.69. The van der Waals surface area contributed by atoms with Gasteiger partial charge in [0.15, 0.2) is 9.84 Å². The lowest BCUT2D eigenvalue weighted by molar-refractivity contribution is 0.577. The first-order valence-electron chi connectivity index (χ1n) is 9.65. The Morgan fingerprint density at radius 1 is 1.08 bits per heavy atom. The predicted molar refractivity (Wildman–Crippen MR) is 104 cm³/mol. The minimum atomic E-state index is -2.85. The van der Waals surface area contributed by atoms with E-state index in [4.69, 9.17) is 0 Å². The second-order valence-corrected chi connectivity index (χ2v) is 10.5. The van der Waals surface area contributed by atoms with Gasteiger partial charge >= 0.3 is 0 Å². The van der Waals surface area contributed by atoms with Crippen LogP contribution in [0, 0.1) is 6.92 Å². The summed E-state index contributed by atoms with van der Waals surface area (Å²) in [4.78, 5) is 0. The molecule has 0 aromatic heterocycles. The lowest BCUT2D eigenvalue weighted by Crippen LogP contribution is -2.17. The Bertz CT molecular complexity index is 644. The van der Waals surface area contributed by atoms with Crippen molar-refractivity contribution >= 4 is 9.84 Å². The van der Waals surface area contributed by atoms with Crippen LogP contribution in [0.4, 0.5) is 0 Å². The van der Waals surface area contributed by atoms with Crippen LogP contribution in [0.25, 0.3) is 0 Å². The van der Waals surface area contributed by atoms with E-state index in [1.165, 1.54) is 36.8 Å². The summed E-state index contributed by atoms with van der Waals surface area (Å²) in [5.41, 5.74) is 6.23. The molecule has 136 valence electrons. The van der Waals surface area contributed by atoms with Crippen molar-refractivity contribution in [1.29, 1.82) is 0 Å². The zero-order valence-electron chi connectivity index (χ0n) is 15.9. The lowest BCUT2D eigenvalue weighted by Gasteiger charge is -2.12. The molecule has 0 saturated carbocycles. The van der Waals surface area contributed by atoms with Crippen LogP contribution < -0.4 is 0 Å². The van der Waals surface area contributed by atoms with Crippen molar-refractivity contribution in [3.05, 3.63) is 34.4 Å². The van der Waals surface area contributed by atoms with Gasteiger partial charge in [0.1, 0.15) is 0 Å². The van der Waals surface area contributed by atoms with Crippen molar-refractivity contribution in [2.24, 2.45) is 0 Å². The molecule has 1 atom stereocenters. The zero-order valence-corrected chi connectivity index (χ0v) is 16.7. The number of fused-ring (bicyclic) bond motifs is 1. The molecule has 0 aliphatic heterocycles. The average Bonchev–Trinajstić information content (AvgIpc) is 2.90. The summed E-state index contributed by atoms with van der Waals surface area (Å²) in [7, 11) is -2.85. The van der Waals surface area contributed by atoms with Gasteiger partial charge in [-0.05, 0) is 81.0 Å². The molecule has 0 bridgehead atoms. The molecular formula is C21H34O2S. The molecule has 1 aromatic carbocycles. The van der Waals surface area contributed by atoms with E-state index in [1.54, 1.807) is 25.0 Å². The monoisotopic (exact) mass is 350 g/mol. The third-order valence-electron chi connectivity index (χ3n) is 5.70. The van der Waals surface area contributed by atoms with Crippen molar-refractivity contribution in [3.63, 3.8) is 0 Å². The second-order valence-electron chi connectivity index (χ2n) is 7.79. The van der Waals surface area contributed by atoms with Crippen LogP contribution in [-0.4, -0.2) is 19.4 Å². The first-order chi connectivity index (χ1) is 11.3. The fraction of sp³-hybridized carbons (Fsp3) is 0.714. The van der Waals surface area contributed by atoms with Crippen LogP contribution in [0.1, 0.15) is 87.5 Å². The number of benzene rings is 1. The first-order valence-corrected chi connectivity index (χ1v) is 11.4.